The Hall–Kier alpha value is -3.50. The number of benzene rings is 2. The van der Waals surface area contributed by atoms with Crippen molar-refractivity contribution in [2.75, 3.05) is 19.1 Å². The number of amides is 2. The molecule has 1 saturated heterocycles. The van der Waals surface area contributed by atoms with Crippen molar-refractivity contribution in [1.82, 2.24) is 0 Å². The van der Waals surface area contributed by atoms with Gasteiger partial charge in [0, 0.05) is 45.3 Å². The monoisotopic (exact) mass is 667 g/mol. The Bertz CT molecular complexity index is 1580. The van der Waals surface area contributed by atoms with Crippen LogP contribution < -0.4 is 14.4 Å². The molecule has 1 N–H and O–H groups in total. The smallest absolute Gasteiger partial charge is 0.238 e. The molecule has 8 nitrogen and oxygen atoms in total. The average molecular weight is 669 g/mol. The van der Waals surface area contributed by atoms with Gasteiger partial charge in [0.1, 0.15) is 17.2 Å². The summed E-state index contributed by atoms with van der Waals surface area (Å²) >= 11 is 6.63. The van der Waals surface area contributed by atoms with Crippen LogP contribution in [0.5, 0.6) is 17.2 Å². The van der Waals surface area contributed by atoms with Crippen LogP contribution in [0.2, 0.25) is 0 Å². The first kappa shape index (κ1) is 26.7. The number of fused-ring (bicyclic) bond motifs is 3. The fourth-order valence-electron chi connectivity index (χ4n) is 6.59. The number of ketones is 2. The highest BCUT2D eigenvalue weighted by molar-refractivity contribution is 9.12. The van der Waals surface area contributed by atoms with Crippen LogP contribution in [0.25, 0.3) is 0 Å². The van der Waals surface area contributed by atoms with Crippen LogP contribution in [0.15, 0.2) is 74.2 Å². The normalized spacial score (nSPS) is 25.8. The van der Waals surface area contributed by atoms with E-state index in [2.05, 4.69) is 31.9 Å². The molecule has 6 rings (SSSR count). The van der Waals surface area contributed by atoms with Crippen molar-refractivity contribution in [2.45, 2.75) is 18.8 Å². The van der Waals surface area contributed by atoms with Crippen molar-refractivity contribution in [2.24, 2.45) is 17.8 Å². The standard InChI is InChI=1S/C30H23Br2NO7/c1-39-22-9-15(34)10-23(40-2)27(22)26-16-7-8-17-24(18(16)11-19-25(26)21(35)12-20(32)28(19)36)30(38)33(29(17)37)14-5-3-13(31)4-6-14/h3-7,9-10,12,17-18,24,26,34H,8,11H2,1-2H3/t17-,18+,24-,26-/m0/s1. The van der Waals surface area contributed by atoms with Crippen LogP contribution in [0.3, 0.4) is 0 Å². The molecule has 0 bridgehead atoms. The Morgan fingerprint density at radius 1 is 0.925 bits per heavy atom. The van der Waals surface area contributed by atoms with Crippen LogP contribution in [0.1, 0.15) is 24.3 Å². The number of imide groups is 1. The maximum atomic E-state index is 14.0. The molecule has 0 aromatic heterocycles. The van der Waals surface area contributed by atoms with Crippen molar-refractivity contribution in [3.05, 3.63) is 79.8 Å². The molecule has 2 aromatic carbocycles. The summed E-state index contributed by atoms with van der Waals surface area (Å²) in [5.74, 6) is -3.43. The summed E-state index contributed by atoms with van der Waals surface area (Å²) < 4.78 is 12.2. The fraction of sp³-hybridized carbons (Fsp3) is 0.267. The molecular weight excluding hydrogens is 646 g/mol. The molecule has 1 aliphatic heterocycles. The molecule has 10 heteroatoms. The number of allylic oxidation sites excluding steroid dienone is 6. The van der Waals surface area contributed by atoms with Gasteiger partial charge in [0.2, 0.25) is 11.8 Å². The lowest BCUT2D eigenvalue weighted by Crippen LogP contribution is -2.39. The second-order valence-corrected chi connectivity index (χ2v) is 11.9. The Labute approximate surface area is 246 Å². The molecule has 4 atom stereocenters. The number of methoxy groups -OCH3 is 2. The molecule has 3 aliphatic carbocycles. The van der Waals surface area contributed by atoms with Crippen molar-refractivity contribution in [3.8, 4) is 17.2 Å². The minimum Gasteiger partial charge on any atom is -0.508 e. The number of phenolic OH excluding ortho intramolecular Hbond substituents is 1. The number of carbonyl (C=O) groups is 4. The molecule has 1 fully saturated rings. The topological polar surface area (TPSA) is 110 Å². The van der Waals surface area contributed by atoms with Crippen molar-refractivity contribution >= 4 is 60.9 Å². The molecule has 1 heterocycles. The van der Waals surface area contributed by atoms with Gasteiger partial charge >= 0.3 is 0 Å². The second kappa shape index (κ2) is 9.85. The zero-order valence-corrected chi connectivity index (χ0v) is 24.6. The van der Waals surface area contributed by atoms with E-state index in [0.717, 1.165) is 10.0 Å². The number of hydrogen-bond acceptors (Lipinski definition) is 7. The van der Waals surface area contributed by atoms with E-state index in [1.165, 1.54) is 37.3 Å². The van der Waals surface area contributed by atoms with E-state index in [9.17, 15) is 24.3 Å². The number of hydrogen-bond donors (Lipinski definition) is 1. The van der Waals surface area contributed by atoms with Crippen LogP contribution in [-0.4, -0.2) is 42.7 Å². The fourth-order valence-corrected chi connectivity index (χ4v) is 7.30. The number of nitrogens with zero attached hydrogens (tertiary/aromatic N) is 1. The summed E-state index contributed by atoms with van der Waals surface area (Å²) in [7, 11) is 2.89. The van der Waals surface area contributed by atoms with Gasteiger partial charge in [0.05, 0.1) is 36.2 Å². The van der Waals surface area contributed by atoms with Crippen LogP contribution in [0, 0.1) is 17.8 Å². The lowest BCUT2D eigenvalue weighted by atomic mass is 9.59. The summed E-state index contributed by atoms with van der Waals surface area (Å²) in [5.41, 5.74) is 2.30. The molecule has 0 radical (unpaired) electrons. The third kappa shape index (κ3) is 3.91. The van der Waals surface area contributed by atoms with Crippen LogP contribution >= 0.6 is 31.9 Å². The van der Waals surface area contributed by atoms with E-state index in [4.69, 9.17) is 9.47 Å². The molecule has 0 saturated carbocycles. The maximum Gasteiger partial charge on any atom is 0.238 e. The van der Waals surface area contributed by atoms with E-state index >= 15 is 0 Å². The maximum absolute atomic E-state index is 14.0. The lowest BCUT2D eigenvalue weighted by molar-refractivity contribution is -0.123. The Morgan fingerprint density at radius 3 is 2.20 bits per heavy atom. The summed E-state index contributed by atoms with van der Waals surface area (Å²) in [6.07, 6.45) is 3.63. The molecule has 2 aromatic rings. The van der Waals surface area contributed by atoms with Gasteiger partial charge in [0.15, 0.2) is 11.6 Å². The molecule has 4 aliphatic rings. The highest BCUT2D eigenvalue weighted by atomic mass is 79.9. The van der Waals surface area contributed by atoms with Gasteiger partial charge < -0.3 is 14.6 Å². The second-order valence-electron chi connectivity index (χ2n) is 10.1. The molecule has 204 valence electrons. The highest BCUT2D eigenvalue weighted by Gasteiger charge is 2.57. The third-order valence-corrected chi connectivity index (χ3v) is 9.35. The zero-order valence-electron chi connectivity index (χ0n) is 21.4. The Kier molecular flexibility index (Phi) is 6.58. The number of phenols is 1. The lowest BCUT2D eigenvalue weighted by Gasteiger charge is -2.42. The van der Waals surface area contributed by atoms with Gasteiger partial charge in [-0.25, -0.2) is 0 Å². The number of carbonyl (C=O) groups excluding carboxylic acids is 4. The van der Waals surface area contributed by atoms with Crippen LogP contribution in [0.4, 0.5) is 5.69 Å². The van der Waals surface area contributed by atoms with Crippen molar-refractivity contribution < 1.29 is 33.8 Å². The summed E-state index contributed by atoms with van der Waals surface area (Å²) in [6, 6.07) is 9.83. The van der Waals surface area contributed by atoms with Crippen LogP contribution in [-0.2, 0) is 19.2 Å². The third-order valence-electron chi connectivity index (χ3n) is 8.23. The number of anilines is 1. The number of aromatic hydroxyl groups is 1. The van der Waals surface area contributed by atoms with Gasteiger partial charge in [-0.2, -0.15) is 0 Å². The number of rotatable bonds is 4. The highest BCUT2D eigenvalue weighted by Crippen LogP contribution is 2.58. The SMILES string of the molecule is COc1cc(O)cc(OC)c1[C@H]1C2=CC[C@@H]3C(=O)N(c4ccc(Br)cc4)C(=O)[C@@H]3[C@@H]2CC2=C1C(=O)C=C(Br)C2=O. The molecule has 0 unspecified atom stereocenters. The Balaban J connectivity index is 1.54. The molecule has 0 spiro atoms. The van der Waals surface area contributed by atoms with Gasteiger partial charge in [-0.1, -0.05) is 27.6 Å². The minimum atomic E-state index is -0.780. The van der Waals surface area contributed by atoms with Gasteiger partial charge in [-0.15, -0.1) is 0 Å². The first-order chi connectivity index (χ1) is 19.2. The van der Waals surface area contributed by atoms with Gasteiger partial charge in [-0.05, 0) is 59.0 Å². The van der Waals surface area contributed by atoms with Gasteiger partial charge in [-0.3, -0.25) is 24.1 Å². The zero-order chi connectivity index (χ0) is 28.5. The minimum absolute atomic E-state index is 0.0907. The molecule has 2 amide bonds. The number of ether oxygens (including phenoxy) is 2. The van der Waals surface area contributed by atoms with E-state index in [1.807, 2.05) is 6.08 Å². The van der Waals surface area contributed by atoms with E-state index in [-0.39, 0.29) is 57.1 Å². The predicted molar refractivity (Wildman–Crippen MR) is 152 cm³/mol. The number of halogens is 2. The van der Waals surface area contributed by atoms with E-state index in [0.29, 0.717) is 23.2 Å². The molecule has 40 heavy (non-hydrogen) atoms. The van der Waals surface area contributed by atoms with Crippen molar-refractivity contribution in [1.29, 1.82) is 0 Å². The summed E-state index contributed by atoms with van der Waals surface area (Å²) in [5, 5.41) is 10.3. The Morgan fingerprint density at radius 2 is 1.57 bits per heavy atom. The average Bonchev–Trinajstić information content (AvgIpc) is 3.20. The van der Waals surface area contributed by atoms with E-state index in [1.54, 1.807) is 24.3 Å². The van der Waals surface area contributed by atoms with Crippen molar-refractivity contribution in [3.63, 3.8) is 0 Å². The van der Waals surface area contributed by atoms with Gasteiger partial charge in [0.25, 0.3) is 0 Å². The largest absolute Gasteiger partial charge is 0.508 e. The summed E-state index contributed by atoms with van der Waals surface area (Å²) in [4.78, 5) is 55.8. The number of Topliss-reactive ketones (excluding diaryl/α,β-unsaturated/α-hetero) is 1. The molecular formula is C30H23Br2NO7. The summed E-state index contributed by atoms with van der Waals surface area (Å²) in [6.45, 7) is 0. The first-order valence-corrected chi connectivity index (χ1v) is 14.2. The predicted octanol–water partition coefficient (Wildman–Crippen LogP) is 5.14. The quantitative estimate of drug-likeness (QED) is 0.273. The van der Waals surface area contributed by atoms with E-state index < -0.39 is 23.7 Å². The first-order valence-electron chi connectivity index (χ1n) is 12.6.